The molecule has 1 unspecified atom stereocenters. The molecule has 0 N–H and O–H groups in total. The van der Waals surface area contributed by atoms with Crippen LogP contribution in [-0.2, 0) is 14.3 Å². The van der Waals surface area contributed by atoms with E-state index in [2.05, 4.69) is 0 Å². The fourth-order valence-electron chi connectivity index (χ4n) is 2.11. The van der Waals surface area contributed by atoms with Crippen LogP contribution in [0.25, 0.3) is 0 Å². The van der Waals surface area contributed by atoms with Crippen molar-refractivity contribution in [2.45, 2.75) is 19.8 Å². The van der Waals surface area contributed by atoms with Crippen LogP contribution in [0.4, 0.5) is 0 Å². The molecule has 1 aromatic carbocycles. The van der Waals surface area contributed by atoms with E-state index in [9.17, 15) is 19.7 Å². The summed E-state index contributed by atoms with van der Waals surface area (Å²) in [5.74, 6) is -3.11. The lowest BCUT2D eigenvalue weighted by atomic mass is 9.83. The molecule has 6 nitrogen and oxygen atoms in total. The smallest absolute Gasteiger partial charge is 0.317 e. The van der Waals surface area contributed by atoms with Gasteiger partial charge in [-0.3, -0.25) is 19.7 Å². The van der Waals surface area contributed by atoms with Gasteiger partial charge in [0.25, 0.3) is 0 Å². The van der Waals surface area contributed by atoms with Gasteiger partial charge in [-0.05, 0) is 19.4 Å². The standard InChI is InChI=1S/C14H17NO5/c1-3-20-14(17)13(10(2)16)12(9-15(18)19)11-7-5-4-6-8-11/h4-8,12-13H,3,9H2,1-2H3/t12-,13?/m0/s1. The van der Waals surface area contributed by atoms with Gasteiger partial charge in [0, 0.05) is 4.92 Å². The highest BCUT2D eigenvalue weighted by Crippen LogP contribution is 2.27. The van der Waals surface area contributed by atoms with Gasteiger partial charge in [-0.25, -0.2) is 0 Å². The Balaban J connectivity index is 3.15. The van der Waals surface area contributed by atoms with Crippen LogP contribution in [0.2, 0.25) is 0 Å². The van der Waals surface area contributed by atoms with Crippen molar-refractivity contribution < 1.29 is 19.2 Å². The average Bonchev–Trinajstić information content (AvgIpc) is 2.38. The predicted molar refractivity (Wildman–Crippen MR) is 71.8 cm³/mol. The number of hydrogen-bond acceptors (Lipinski definition) is 5. The highest BCUT2D eigenvalue weighted by atomic mass is 16.6. The van der Waals surface area contributed by atoms with Crippen molar-refractivity contribution >= 4 is 11.8 Å². The third-order valence-electron chi connectivity index (χ3n) is 2.95. The lowest BCUT2D eigenvalue weighted by molar-refractivity contribution is -0.484. The molecular weight excluding hydrogens is 262 g/mol. The maximum atomic E-state index is 11.9. The molecule has 2 atom stereocenters. The first-order valence-electron chi connectivity index (χ1n) is 6.31. The lowest BCUT2D eigenvalue weighted by Crippen LogP contribution is -2.34. The first-order valence-corrected chi connectivity index (χ1v) is 6.31. The molecule has 0 amide bonds. The van der Waals surface area contributed by atoms with Crippen LogP contribution in [0.5, 0.6) is 0 Å². The number of rotatable bonds is 7. The normalized spacial score (nSPS) is 13.3. The predicted octanol–water partition coefficient (Wildman–Crippen LogP) is 1.82. The first kappa shape index (κ1) is 15.8. The van der Waals surface area contributed by atoms with Crippen molar-refractivity contribution in [1.29, 1.82) is 0 Å². The van der Waals surface area contributed by atoms with Crippen molar-refractivity contribution in [2.24, 2.45) is 5.92 Å². The SMILES string of the molecule is CCOC(=O)C(C(C)=O)[C@@H](C[N+](=O)[O-])c1ccccc1. The van der Waals surface area contributed by atoms with Gasteiger partial charge in [-0.15, -0.1) is 0 Å². The summed E-state index contributed by atoms with van der Waals surface area (Å²) in [5.41, 5.74) is 0.581. The van der Waals surface area contributed by atoms with E-state index in [4.69, 9.17) is 4.74 Å². The number of nitrogens with zero attached hydrogens (tertiary/aromatic N) is 1. The van der Waals surface area contributed by atoms with Gasteiger partial charge in [-0.1, -0.05) is 30.3 Å². The van der Waals surface area contributed by atoms with Gasteiger partial charge in [-0.2, -0.15) is 0 Å². The highest BCUT2D eigenvalue weighted by Gasteiger charge is 2.37. The van der Waals surface area contributed by atoms with Gasteiger partial charge in [0.05, 0.1) is 12.5 Å². The van der Waals surface area contributed by atoms with Crippen LogP contribution in [-0.4, -0.2) is 29.8 Å². The molecular formula is C14H17NO5. The molecule has 1 rings (SSSR count). The number of carbonyl (C=O) groups is 2. The molecule has 0 heterocycles. The van der Waals surface area contributed by atoms with Crippen LogP contribution < -0.4 is 0 Å². The minimum atomic E-state index is -1.15. The maximum absolute atomic E-state index is 11.9. The third-order valence-corrected chi connectivity index (χ3v) is 2.95. The molecule has 0 saturated heterocycles. The monoisotopic (exact) mass is 279 g/mol. The molecule has 0 aliphatic rings. The van der Waals surface area contributed by atoms with Crippen LogP contribution in [0.1, 0.15) is 25.3 Å². The van der Waals surface area contributed by atoms with E-state index in [-0.39, 0.29) is 6.61 Å². The number of ketones is 1. The van der Waals surface area contributed by atoms with Crippen molar-refractivity contribution in [3.8, 4) is 0 Å². The summed E-state index contributed by atoms with van der Waals surface area (Å²) in [6.45, 7) is 2.51. The first-order chi connectivity index (χ1) is 9.47. The van der Waals surface area contributed by atoms with Crippen molar-refractivity contribution in [3.05, 3.63) is 46.0 Å². The molecule has 0 radical (unpaired) electrons. The largest absolute Gasteiger partial charge is 0.465 e. The number of Topliss-reactive ketones (excluding diaryl/α,β-unsaturated/α-hetero) is 1. The minimum Gasteiger partial charge on any atom is -0.465 e. The number of esters is 1. The molecule has 0 bridgehead atoms. The zero-order valence-electron chi connectivity index (χ0n) is 11.4. The summed E-state index contributed by atoms with van der Waals surface area (Å²) in [6, 6.07) is 8.53. The molecule has 0 saturated carbocycles. The van der Waals surface area contributed by atoms with E-state index in [1.165, 1.54) is 6.92 Å². The maximum Gasteiger partial charge on any atom is 0.317 e. The Morgan fingerprint density at radius 1 is 1.30 bits per heavy atom. The molecule has 0 aliphatic carbocycles. The molecule has 0 aliphatic heterocycles. The van der Waals surface area contributed by atoms with Crippen molar-refractivity contribution in [1.82, 2.24) is 0 Å². The Morgan fingerprint density at radius 3 is 2.35 bits per heavy atom. The van der Waals surface area contributed by atoms with E-state index in [1.807, 2.05) is 0 Å². The quantitative estimate of drug-likeness (QED) is 0.329. The number of ether oxygens (including phenoxy) is 1. The van der Waals surface area contributed by atoms with E-state index in [0.717, 1.165) is 0 Å². The summed E-state index contributed by atoms with van der Waals surface area (Å²) in [6.07, 6.45) is 0. The van der Waals surface area contributed by atoms with Crippen molar-refractivity contribution in [3.63, 3.8) is 0 Å². The van der Waals surface area contributed by atoms with E-state index >= 15 is 0 Å². The van der Waals surface area contributed by atoms with Gasteiger partial charge >= 0.3 is 5.97 Å². The van der Waals surface area contributed by atoms with Crippen LogP contribution in [0.15, 0.2) is 30.3 Å². The minimum absolute atomic E-state index is 0.128. The van der Waals surface area contributed by atoms with Gasteiger partial charge in [0.2, 0.25) is 6.54 Å². The van der Waals surface area contributed by atoms with E-state index in [0.29, 0.717) is 5.56 Å². The summed E-state index contributed by atoms with van der Waals surface area (Å²) < 4.78 is 4.87. The second-order valence-electron chi connectivity index (χ2n) is 4.37. The number of hydrogen-bond donors (Lipinski definition) is 0. The number of carbonyl (C=O) groups excluding carboxylic acids is 2. The number of nitro groups is 1. The Labute approximate surface area is 116 Å². The Bertz CT molecular complexity index is 486. The summed E-state index contributed by atoms with van der Waals surface area (Å²) >= 11 is 0. The Hall–Kier alpha value is -2.24. The molecule has 0 fully saturated rings. The fourth-order valence-corrected chi connectivity index (χ4v) is 2.11. The van der Waals surface area contributed by atoms with Gasteiger partial charge < -0.3 is 4.74 Å². The van der Waals surface area contributed by atoms with Crippen LogP contribution in [0.3, 0.4) is 0 Å². The van der Waals surface area contributed by atoms with Gasteiger partial charge in [0.1, 0.15) is 11.7 Å². The Morgan fingerprint density at radius 2 is 1.90 bits per heavy atom. The molecule has 108 valence electrons. The highest BCUT2D eigenvalue weighted by molar-refractivity contribution is 5.98. The zero-order valence-corrected chi connectivity index (χ0v) is 11.4. The summed E-state index contributed by atoms with van der Waals surface area (Å²) in [5, 5.41) is 10.8. The van der Waals surface area contributed by atoms with E-state index < -0.39 is 35.1 Å². The zero-order chi connectivity index (χ0) is 15.1. The summed E-state index contributed by atoms with van der Waals surface area (Å²) in [7, 11) is 0. The second-order valence-corrected chi connectivity index (χ2v) is 4.37. The average molecular weight is 279 g/mol. The topological polar surface area (TPSA) is 86.5 Å². The second kappa shape index (κ2) is 7.37. The molecule has 6 heteroatoms. The Kier molecular flexibility index (Phi) is 5.83. The molecule has 0 aromatic heterocycles. The van der Waals surface area contributed by atoms with E-state index in [1.54, 1.807) is 37.3 Å². The lowest BCUT2D eigenvalue weighted by Gasteiger charge is -2.20. The molecule has 0 spiro atoms. The summed E-state index contributed by atoms with van der Waals surface area (Å²) in [4.78, 5) is 34.0. The van der Waals surface area contributed by atoms with Crippen LogP contribution in [0, 0.1) is 16.0 Å². The fraction of sp³-hybridized carbons (Fsp3) is 0.429. The van der Waals surface area contributed by atoms with Crippen LogP contribution >= 0.6 is 0 Å². The number of benzene rings is 1. The van der Waals surface area contributed by atoms with Crippen molar-refractivity contribution in [2.75, 3.05) is 13.2 Å². The molecule has 1 aromatic rings. The molecule has 20 heavy (non-hydrogen) atoms. The third kappa shape index (κ3) is 4.15. The van der Waals surface area contributed by atoms with Gasteiger partial charge in [0.15, 0.2) is 0 Å².